The van der Waals surface area contributed by atoms with Gasteiger partial charge < -0.3 is 14.9 Å². The molecular formula is C17H23N5O5S. The van der Waals surface area contributed by atoms with E-state index in [4.69, 9.17) is 14.9 Å². The van der Waals surface area contributed by atoms with Crippen LogP contribution in [0.3, 0.4) is 0 Å². The Bertz CT molecular complexity index is 904. The first-order chi connectivity index (χ1) is 13.3. The molecule has 0 aliphatic heterocycles. The second kappa shape index (κ2) is 8.91. The van der Waals surface area contributed by atoms with Crippen LogP contribution in [0.5, 0.6) is 0 Å². The van der Waals surface area contributed by atoms with Gasteiger partial charge in [0, 0.05) is 0 Å². The van der Waals surface area contributed by atoms with Crippen molar-refractivity contribution in [1.29, 1.82) is 0 Å². The number of rotatable bonds is 8. The molecule has 0 bridgehead atoms. The number of amides is 1. The number of aryl methyl sites for hydroxylation is 1. The number of nitrogen functional groups attached to an aromatic ring is 1. The van der Waals surface area contributed by atoms with Crippen molar-refractivity contribution in [2.45, 2.75) is 45.3 Å². The SMILES string of the molecule is CCOC(=O)c1c(NC(=O)C(CC)n2c(N)nnc2SC)oc(C)c1C(C)=O. The summed E-state index contributed by atoms with van der Waals surface area (Å²) in [6.45, 7) is 6.40. The minimum absolute atomic E-state index is 0.0791. The molecule has 3 N–H and O–H groups in total. The summed E-state index contributed by atoms with van der Waals surface area (Å²) in [7, 11) is 0. The monoisotopic (exact) mass is 409 g/mol. The smallest absolute Gasteiger partial charge is 0.344 e. The van der Waals surface area contributed by atoms with E-state index in [2.05, 4.69) is 15.5 Å². The second-order valence-corrected chi connectivity index (χ2v) is 6.62. The van der Waals surface area contributed by atoms with Crippen LogP contribution < -0.4 is 11.1 Å². The van der Waals surface area contributed by atoms with E-state index in [1.165, 1.54) is 30.2 Å². The number of hydrogen-bond donors (Lipinski definition) is 2. The topological polar surface area (TPSA) is 142 Å². The molecule has 2 aromatic rings. The van der Waals surface area contributed by atoms with E-state index >= 15 is 0 Å². The van der Waals surface area contributed by atoms with Crippen molar-refractivity contribution >= 4 is 41.3 Å². The minimum Gasteiger partial charge on any atom is -0.462 e. The van der Waals surface area contributed by atoms with Gasteiger partial charge in [-0.3, -0.25) is 19.5 Å². The maximum atomic E-state index is 12.9. The van der Waals surface area contributed by atoms with Crippen LogP contribution in [0, 0.1) is 6.92 Å². The number of ketones is 1. The molecule has 1 amide bonds. The zero-order chi connectivity index (χ0) is 21.0. The third-order valence-corrected chi connectivity index (χ3v) is 4.67. The van der Waals surface area contributed by atoms with Gasteiger partial charge >= 0.3 is 5.97 Å². The van der Waals surface area contributed by atoms with E-state index in [9.17, 15) is 14.4 Å². The summed E-state index contributed by atoms with van der Waals surface area (Å²) < 4.78 is 12.0. The molecule has 0 fully saturated rings. The first-order valence-electron chi connectivity index (χ1n) is 8.63. The van der Waals surface area contributed by atoms with Gasteiger partial charge in [-0.05, 0) is 33.4 Å². The Morgan fingerprint density at radius 3 is 2.50 bits per heavy atom. The highest BCUT2D eigenvalue weighted by molar-refractivity contribution is 7.98. The van der Waals surface area contributed by atoms with E-state index in [0.717, 1.165) is 0 Å². The largest absolute Gasteiger partial charge is 0.462 e. The van der Waals surface area contributed by atoms with Gasteiger partial charge in [0.15, 0.2) is 10.9 Å². The summed E-state index contributed by atoms with van der Waals surface area (Å²) in [6, 6.07) is -0.737. The van der Waals surface area contributed by atoms with Gasteiger partial charge in [0.05, 0.1) is 12.2 Å². The molecule has 2 rings (SSSR count). The van der Waals surface area contributed by atoms with Gasteiger partial charge in [-0.1, -0.05) is 18.7 Å². The molecule has 2 heterocycles. The van der Waals surface area contributed by atoms with E-state index in [1.54, 1.807) is 20.1 Å². The van der Waals surface area contributed by atoms with Gasteiger partial charge in [-0.25, -0.2) is 4.79 Å². The zero-order valence-electron chi connectivity index (χ0n) is 16.4. The molecule has 0 aliphatic carbocycles. The summed E-state index contributed by atoms with van der Waals surface area (Å²) >= 11 is 1.30. The summed E-state index contributed by atoms with van der Waals surface area (Å²) in [5.41, 5.74) is 5.84. The van der Waals surface area contributed by atoms with Crippen LogP contribution in [0.2, 0.25) is 0 Å². The molecule has 11 heteroatoms. The van der Waals surface area contributed by atoms with Gasteiger partial charge in [-0.2, -0.15) is 0 Å². The lowest BCUT2D eigenvalue weighted by atomic mass is 10.1. The predicted molar refractivity (Wildman–Crippen MR) is 104 cm³/mol. The number of anilines is 2. The molecular weight excluding hydrogens is 386 g/mol. The lowest BCUT2D eigenvalue weighted by Crippen LogP contribution is -2.27. The Labute approximate surface area is 166 Å². The lowest BCUT2D eigenvalue weighted by molar-refractivity contribution is -0.119. The first kappa shape index (κ1) is 21.5. The van der Waals surface area contributed by atoms with Gasteiger partial charge in [-0.15, -0.1) is 10.2 Å². The Hall–Kier alpha value is -2.82. The standard InChI is InChI=1S/C17H23N5O5S/c1-6-10(22-16(18)20-21-17(22)28-5)13(24)19-14-12(15(25)26-7-2)11(8(3)23)9(4)27-14/h10H,6-7H2,1-5H3,(H2,18,20)(H,19,24). The fourth-order valence-electron chi connectivity index (χ4n) is 2.86. The van der Waals surface area contributed by atoms with Crippen LogP contribution in [0.25, 0.3) is 0 Å². The number of esters is 1. The summed E-state index contributed by atoms with van der Waals surface area (Å²) in [6.07, 6.45) is 2.17. The van der Waals surface area contributed by atoms with Crippen molar-refractivity contribution in [3.8, 4) is 0 Å². The van der Waals surface area contributed by atoms with Gasteiger partial charge in [0.25, 0.3) is 0 Å². The maximum absolute atomic E-state index is 12.9. The van der Waals surface area contributed by atoms with Crippen molar-refractivity contribution < 1.29 is 23.5 Å². The molecule has 0 spiro atoms. The molecule has 0 aromatic carbocycles. The summed E-state index contributed by atoms with van der Waals surface area (Å²) in [5.74, 6) is -1.43. The fourth-order valence-corrected chi connectivity index (χ4v) is 3.40. The fraction of sp³-hybridized carbons (Fsp3) is 0.471. The van der Waals surface area contributed by atoms with E-state index in [-0.39, 0.29) is 41.1 Å². The van der Waals surface area contributed by atoms with Crippen molar-refractivity contribution in [1.82, 2.24) is 14.8 Å². The number of aromatic nitrogens is 3. The molecule has 1 unspecified atom stereocenters. The van der Waals surface area contributed by atoms with Crippen LogP contribution in [0.4, 0.5) is 11.8 Å². The summed E-state index contributed by atoms with van der Waals surface area (Å²) in [4.78, 5) is 37.3. The average Bonchev–Trinajstić information content (AvgIpc) is 3.16. The number of carbonyl (C=O) groups excluding carboxylic acids is 3. The van der Waals surface area contributed by atoms with Crippen molar-refractivity contribution in [3.63, 3.8) is 0 Å². The first-order valence-corrected chi connectivity index (χ1v) is 9.85. The van der Waals surface area contributed by atoms with E-state index in [0.29, 0.717) is 11.6 Å². The molecule has 0 saturated carbocycles. The second-order valence-electron chi connectivity index (χ2n) is 5.84. The van der Waals surface area contributed by atoms with Crippen LogP contribution in [-0.4, -0.2) is 45.3 Å². The molecule has 152 valence electrons. The van der Waals surface area contributed by atoms with Crippen LogP contribution in [0.1, 0.15) is 59.7 Å². The number of nitrogens with one attached hydrogen (secondary N) is 1. The Balaban J connectivity index is 2.45. The predicted octanol–water partition coefficient (Wildman–Crippen LogP) is 2.45. The number of Topliss-reactive ketones (excluding diaryl/α,β-unsaturated/α-hetero) is 1. The number of ether oxygens (including phenoxy) is 1. The average molecular weight is 409 g/mol. The number of carbonyl (C=O) groups is 3. The third-order valence-electron chi connectivity index (χ3n) is 4.03. The Kier molecular flexibility index (Phi) is 6.84. The number of furan rings is 1. The Morgan fingerprint density at radius 1 is 1.29 bits per heavy atom. The zero-order valence-corrected chi connectivity index (χ0v) is 17.2. The quantitative estimate of drug-likeness (QED) is 0.382. The number of thioether (sulfide) groups is 1. The highest BCUT2D eigenvalue weighted by Crippen LogP contribution is 2.30. The van der Waals surface area contributed by atoms with E-state index < -0.39 is 17.9 Å². The van der Waals surface area contributed by atoms with Gasteiger partial charge in [0.1, 0.15) is 17.4 Å². The van der Waals surface area contributed by atoms with Crippen molar-refractivity contribution in [2.24, 2.45) is 0 Å². The van der Waals surface area contributed by atoms with Crippen molar-refractivity contribution in [3.05, 3.63) is 16.9 Å². The van der Waals surface area contributed by atoms with Gasteiger partial charge in [0.2, 0.25) is 17.7 Å². The summed E-state index contributed by atoms with van der Waals surface area (Å²) in [5, 5.41) is 10.8. The molecule has 0 radical (unpaired) electrons. The molecule has 1 atom stereocenters. The minimum atomic E-state index is -0.749. The molecule has 28 heavy (non-hydrogen) atoms. The molecule has 2 aromatic heterocycles. The van der Waals surface area contributed by atoms with Crippen LogP contribution >= 0.6 is 11.8 Å². The normalized spacial score (nSPS) is 11.9. The van der Waals surface area contributed by atoms with Crippen LogP contribution in [-0.2, 0) is 9.53 Å². The van der Waals surface area contributed by atoms with Crippen LogP contribution in [0.15, 0.2) is 9.57 Å². The Morgan fingerprint density at radius 2 is 1.96 bits per heavy atom. The highest BCUT2D eigenvalue weighted by atomic mass is 32.2. The van der Waals surface area contributed by atoms with Crippen molar-refractivity contribution in [2.75, 3.05) is 23.9 Å². The number of nitrogens with zero attached hydrogens (tertiary/aromatic N) is 3. The maximum Gasteiger partial charge on any atom is 0.344 e. The number of nitrogens with two attached hydrogens (primary N) is 1. The third kappa shape index (κ3) is 4.03. The highest BCUT2D eigenvalue weighted by Gasteiger charge is 2.31. The lowest BCUT2D eigenvalue weighted by Gasteiger charge is -2.18. The number of hydrogen-bond acceptors (Lipinski definition) is 9. The molecule has 10 nitrogen and oxygen atoms in total. The van der Waals surface area contributed by atoms with E-state index in [1.807, 2.05) is 0 Å². The molecule has 0 saturated heterocycles. The molecule has 0 aliphatic rings.